The minimum absolute atomic E-state index is 0.249. The molecule has 0 spiro atoms. The van der Waals surface area contributed by atoms with Gasteiger partial charge in [0.1, 0.15) is 10.8 Å². The van der Waals surface area contributed by atoms with Gasteiger partial charge in [-0.05, 0) is 36.2 Å². The molecule has 9 heteroatoms. The van der Waals surface area contributed by atoms with Crippen LogP contribution in [0.3, 0.4) is 0 Å². The number of rotatable bonds is 8. The van der Waals surface area contributed by atoms with Crippen molar-refractivity contribution in [2.75, 3.05) is 13.2 Å². The maximum atomic E-state index is 10.5. The first kappa shape index (κ1) is 16.6. The molecule has 2 rings (SSSR count). The van der Waals surface area contributed by atoms with E-state index in [1.807, 2.05) is 24.3 Å². The van der Waals surface area contributed by atoms with Crippen molar-refractivity contribution in [1.82, 2.24) is 10.3 Å². The number of benzene rings is 1. The Hall–Kier alpha value is -2.77. The molecule has 0 saturated heterocycles. The van der Waals surface area contributed by atoms with Crippen molar-refractivity contribution in [2.45, 2.75) is 13.0 Å². The third-order valence-corrected chi connectivity index (χ3v) is 3.85. The molecular weight excluding hydrogens is 318 g/mol. The number of aromatic nitrogens is 1. The summed E-state index contributed by atoms with van der Waals surface area (Å²) in [5.74, 6) is 0.735. The summed E-state index contributed by atoms with van der Waals surface area (Å²) < 4.78 is 5.54. The topological polar surface area (TPSA) is 120 Å². The molecule has 0 fully saturated rings. The Morgan fingerprint density at radius 3 is 2.91 bits per heavy atom. The number of azide groups is 1. The van der Waals surface area contributed by atoms with E-state index < -0.39 is 6.09 Å². The fraction of sp³-hybridized carbons (Fsp3) is 0.286. The van der Waals surface area contributed by atoms with Gasteiger partial charge in [-0.25, -0.2) is 9.78 Å². The fourth-order valence-corrected chi connectivity index (χ4v) is 2.61. The number of hydrogen-bond donors (Lipinski definition) is 2. The highest BCUT2D eigenvalue weighted by atomic mass is 32.1. The monoisotopic (exact) mass is 333 g/mol. The summed E-state index contributed by atoms with van der Waals surface area (Å²) in [7, 11) is 0. The van der Waals surface area contributed by atoms with E-state index in [4.69, 9.17) is 15.4 Å². The first-order chi connectivity index (χ1) is 11.2. The molecule has 1 heterocycles. The van der Waals surface area contributed by atoms with Gasteiger partial charge in [0.15, 0.2) is 0 Å². The van der Waals surface area contributed by atoms with Crippen LogP contribution in [0.1, 0.15) is 11.3 Å². The Morgan fingerprint density at radius 1 is 1.43 bits per heavy atom. The Balaban J connectivity index is 1.89. The van der Waals surface area contributed by atoms with E-state index in [0.717, 1.165) is 21.2 Å². The number of nitrogens with one attached hydrogen (secondary N) is 1. The van der Waals surface area contributed by atoms with Gasteiger partial charge in [-0.1, -0.05) is 5.11 Å². The van der Waals surface area contributed by atoms with Crippen molar-refractivity contribution >= 4 is 17.4 Å². The van der Waals surface area contributed by atoms with Crippen LogP contribution in [0.5, 0.6) is 5.75 Å². The zero-order valence-corrected chi connectivity index (χ0v) is 13.0. The van der Waals surface area contributed by atoms with Crippen LogP contribution in [-0.2, 0) is 6.54 Å². The number of amides is 1. The Bertz CT molecular complexity index is 695. The maximum absolute atomic E-state index is 10.5. The van der Waals surface area contributed by atoms with Gasteiger partial charge in [0.25, 0.3) is 0 Å². The molecule has 1 aromatic carbocycles. The van der Waals surface area contributed by atoms with E-state index in [-0.39, 0.29) is 6.54 Å². The predicted octanol–water partition coefficient (Wildman–Crippen LogP) is 3.66. The third-order valence-electron chi connectivity index (χ3n) is 2.80. The van der Waals surface area contributed by atoms with Gasteiger partial charge in [0, 0.05) is 28.1 Å². The minimum Gasteiger partial charge on any atom is -0.494 e. The quantitative estimate of drug-likeness (QED) is 0.331. The average molecular weight is 333 g/mol. The van der Waals surface area contributed by atoms with Gasteiger partial charge in [-0.3, -0.25) is 0 Å². The largest absolute Gasteiger partial charge is 0.494 e. The summed E-state index contributed by atoms with van der Waals surface area (Å²) >= 11 is 1.44. The number of nitrogens with zero attached hydrogens (tertiary/aromatic N) is 4. The predicted molar refractivity (Wildman–Crippen MR) is 86.5 cm³/mol. The molecule has 0 aliphatic heterocycles. The molecule has 0 aliphatic carbocycles. The lowest BCUT2D eigenvalue weighted by Crippen LogP contribution is -2.19. The second-order valence-corrected chi connectivity index (χ2v) is 5.59. The second-order valence-electron chi connectivity index (χ2n) is 4.47. The molecular formula is C14H15N5O3S. The van der Waals surface area contributed by atoms with Crippen LogP contribution >= 0.6 is 11.3 Å². The van der Waals surface area contributed by atoms with Crippen LogP contribution in [0, 0.1) is 0 Å². The van der Waals surface area contributed by atoms with Gasteiger partial charge in [0.2, 0.25) is 0 Å². The van der Waals surface area contributed by atoms with E-state index in [0.29, 0.717) is 19.6 Å². The molecule has 120 valence electrons. The van der Waals surface area contributed by atoms with E-state index in [2.05, 4.69) is 20.3 Å². The van der Waals surface area contributed by atoms with Crippen LogP contribution < -0.4 is 10.1 Å². The summed E-state index contributed by atoms with van der Waals surface area (Å²) in [6, 6.07) is 7.49. The third kappa shape index (κ3) is 5.50. The van der Waals surface area contributed by atoms with Crippen molar-refractivity contribution in [3.63, 3.8) is 0 Å². The number of carboxylic acid groups (broad SMARTS) is 1. The lowest BCUT2D eigenvalue weighted by atomic mass is 10.2. The summed E-state index contributed by atoms with van der Waals surface area (Å²) in [6.45, 7) is 1.15. The van der Waals surface area contributed by atoms with E-state index in [1.165, 1.54) is 11.3 Å². The Labute approximate surface area is 136 Å². The smallest absolute Gasteiger partial charge is 0.404 e. The van der Waals surface area contributed by atoms with Gasteiger partial charge < -0.3 is 15.2 Å². The molecule has 0 radical (unpaired) electrons. The summed E-state index contributed by atoms with van der Waals surface area (Å²) in [6.07, 6.45) is 1.27. The number of carbonyl (C=O) groups is 1. The molecule has 0 unspecified atom stereocenters. The van der Waals surface area contributed by atoms with Crippen molar-refractivity contribution in [3.05, 3.63) is 45.8 Å². The van der Waals surface area contributed by atoms with Crippen molar-refractivity contribution in [2.24, 2.45) is 5.11 Å². The molecule has 0 bridgehead atoms. The fourth-order valence-electron chi connectivity index (χ4n) is 1.75. The van der Waals surface area contributed by atoms with E-state index in [9.17, 15) is 4.79 Å². The van der Waals surface area contributed by atoms with Gasteiger partial charge >= 0.3 is 6.09 Å². The van der Waals surface area contributed by atoms with Gasteiger partial charge in [0.05, 0.1) is 13.2 Å². The Kier molecular flexibility index (Phi) is 6.22. The molecule has 1 aromatic heterocycles. The van der Waals surface area contributed by atoms with E-state index >= 15 is 0 Å². The van der Waals surface area contributed by atoms with Crippen LogP contribution in [0.4, 0.5) is 4.79 Å². The molecule has 8 nitrogen and oxygen atoms in total. The lowest BCUT2D eigenvalue weighted by molar-refractivity contribution is 0.194. The van der Waals surface area contributed by atoms with Crippen molar-refractivity contribution in [3.8, 4) is 16.3 Å². The maximum Gasteiger partial charge on any atom is 0.404 e. The zero-order valence-electron chi connectivity index (χ0n) is 12.2. The highest BCUT2D eigenvalue weighted by molar-refractivity contribution is 7.15. The lowest BCUT2D eigenvalue weighted by Gasteiger charge is -2.05. The first-order valence-corrected chi connectivity index (χ1v) is 7.66. The van der Waals surface area contributed by atoms with Crippen LogP contribution in [0.15, 0.2) is 35.6 Å². The number of thiazole rings is 1. The Morgan fingerprint density at radius 2 is 2.22 bits per heavy atom. The molecule has 23 heavy (non-hydrogen) atoms. The van der Waals surface area contributed by atoms with Gasteiger partial charge in [-0.15, -0.1) is 11.3 Å². The first-order valence-electron chi connectivity index (χ1n) is 6.84. The SMILES string of the molecule is [N-]=[N+]=NCCCOc1ccc(-c2ncc(CNC(=O)O)s2)cc1. The highest BCUT2D eigenvalue weighted by Gasteiger charge is 2.06. The van der Waals surface area contributed by atoms with E-state index in [1.54, 1.807) is 6.20 Å². The standard InChI is InChI=1S/C14H15N5O3S/c15-19-18-6-1-7-22-11-4-2-10(3-5-11)13-16-8-12(23-13)9-17-14(20)21/h2-5,8,17H,1,6-7,9H2,(H,20,21). The van der Waals surface area contributed by atoms with Crippen LogP contribution in [-0.4, -0.2) is 29.3 Å². The van der Waals surface area contributed by atoms with Crippen LogP contribution in [0.25, 0.3) is 21.0 Å². The molecule has 0 atom stereocenters. The molecule has 1 amide bonds. The van der Waals surface area contributed by atoms with Gasteiger partial charge in [-0.2, -0.15) is 0 Å². The highest BCUT2D eigenvalue weighted by Crippen LogP contribution is 2.26. The molecule has 2 aromatic rings. The minimum atomic E-state index is -1.05. The summed E-state index contributed by atoms with van der Waals surface area (Å²) in [5.41, 5.74) is 9.11. The molecule has 0 aliphatic rings. The number of hydrogen-bond acceptors (Lipinski definition) is 5. The molecule has 2 N–H and O–H groups in total. The second kappa shape index (κ2) is 8.62. The molecule has 0 saturated carbocycles. The van der Waals surface area contributed by atoms with Crippen LogP contribution in [0.2, 0.25) is 0 Å². The normalized spacial score (nSPS) is 9.91. The summed E-state index contributed by atoms with van der Waals surface area (Å²) in [5, 5.41) is 15.2. The summed E-state index contributed by atoms with van der Waals surface area (Å²) in [4.78, 5) is 18.3. The van der Waals surface area contributed by atoms with Crippen molar-refractivity contribution < 1.29 is 14.6 Å². The van der Waals surface area contributed by atoms with Crippen molar-refractivity contribution in [1.29, 1.82) is 0 Å². The average Bonchev–Trinajstić information content (AvgIpc) is 3.02. The zero-order chi connectivity index (χ0) is 16.5. The number of ether oxygens (including phenoxy) is 1.